The Kier molecular flexibility index (Phi) is 56.2. The molecule has 0 aliphatic carbocycles. The molecule has 0 saturated carbocycles. The molecule has 3 N–H and O–H groups in total. The molecule has 0 spiro atoms. The van der Waals surface area contributed by atoms with Crippen LogP contribution in [0, 0.1) is 0 Å². The molecule has 0 fully saturated rings. The molecule has 3 atom stereocenters. The molecule has 0 aliphatic heterocycles. The van der Waals surface area contributed by atoms with Crippen LogP contribution in [0.5, 0.6) is 0 Å². The quantitative estimate of drug-likeness (QED) is 0.0243. The van der Waals surface area contributed by atoms with Gasteiger partial charge in [-0.25, -0.2) is 4.57 Å². The van der Waals surface area contributed by atoms with Crippen molar-refractivity contribution in [3.8, 4) is 0 Å². The van der Waals surface area contributed by atoms with Crippen LogP contribution in [-0.4, -0.2) is 73.4 Å². The van der Waals surface area contributed by atoms with Gasteiger partial charge in [-0.1, -0.05) is 270 Å². The van der Waals surface area contributed by atoms with Gasteiger partial charge in [-0.05, 0) is 103 Å². The van der Waals surface area contributed by atoms with Crippen molar-refractivity contribution >= 4 is 13.7 Å². The van der Waals surface area contributed by atoms with Gasteiger partial charge in [0.2, 0.25) is 5.91 Å². The van der Waals surface area contributed by atoms with Crippen LogP contribution in [0.25, 0.3) is 0 Å². The highest BCUT2D eigenvalue weighted by Gasteiger charge is 2.27. The van der Waals surface area contributed by atoms with E-state index in [1.807, 2.05) is 27.2 Å². The maximum Gasteiger partial charge on any atom is 0.472 e. The number of likely N-dealkylation sites (N-methyl/N-ethyl adjacent to an activating group) is 1. The topological polar surface area (TPSA) is 105 Å². The van der Waals surface area contributed by atoms with E-state index < -0.39 is 20.0 Å². The first-order valence-electron chi connectivity index (χ1n) is 31.9. The second kappa shape index (κ2) is 58.6. The summed E-state index contributed by atoms with van der Waals surface area (Å²) in [5.41, 5.74) is 0. The molecule has 0 aromatic heterocycles. The summed E-state index contributed by atoms with van der Waals surface area (Å²) in [5.74, 6) is -0.198. The predicted octanol–water partition coefficient (Wildman–Crippen LogP) is 20.1. The second-order valence-corrected chi connectivity index (χ2v) is 23.8. The van der Waals surface area contributed by atoms with Gasteiger partial charge in [0.25, 0.3) is 0 Å². The van der Waals surface area contributed by atoms with Gasteiger partial charge >= 0.3 is 7.82 Å². The Hall–Kier alpha value is -3.10. The predicted molar refractivity (Wildman–Crippen MR) is 341 cm³/mol. The van der Waals surface area contributed by atoms with Crippen molar-refractivity contribution in [3.63, 3.8) is 0 Å². The fraction of sp³-hybridized carbons (Fsp3) is 0.696. The van der Waals surface area contributed by atoms with E-state index >= 15 is 0 Å². The van der Waals surface area contributed by atoms with Crippen molar-refractivity contribution in [2.24, 2.45) is 0 Å². The molecule has 8 nitrogen and oxygen atoms in total. The summed E-state index contributed by atoms with van der Waals surface area (Å²) in [5, 5.41) is 13.9. The molecule has 0 aromatic rings. The largest absolute Gasteiger partial charge is 0.472 e. The molecule has 0 heterocycles. The number of nitrogens with one attached hydrogen (secondary N) is 1. The van der Waals surface area contributed by atoms with Crippen LogP contribution in [0.4, 0.5) is 0 Å². The number of hydrogen-bond donors (Lipinski definition) is 3. The lowest BCUT2D eigenvalue weighted by molar-refractivity contribution is -0.870. The Morgan fingerprint density at radius 3 is 1.18 bits per heavy atom. The number of nitrogens with zero attached hydrogens (tertiary/aromatic N) is 1. The lowest BCUT2D eigenvalue weighted by Gasteiger charge is -2.25. The van der Waals surface area contributed by atoms with Gasteiger partial charge in [-0.2, -0.15) is 0 Å². The number of aliphatic hydroxyl groups excluding tert-OH is 1. The lowest BCUT2D eigenvalue weighted by Crippen LogP contribution is -2.45. The van der Waals surface area contributed by atoms with E-state index in [0.29, 0.717) is 17.4 Å². The highest BCUT2D eigenvalue weighted by atomic mass is 31.2. The summed E-state index contributed by atoms with van der Waals surface area (Å²) in [6, 6.07) is -0.881. The summed E-state index contributed by atoms with van der Waals surface area (Å²) >= 11 is 0. The zero-order chi connectivity index (χ0) is 57.0. The molecule has 0 saturated heterocycles. The number of rotatable bonds is 57. The molecule has 1 amide bonds. The Labute approximate surface area is 482 Å². The molecule has 3 unspecified atom stereocenters. The lowest BCUT2D eigenvalue weighted by atomic mass is 10.0. The maximum absolute atomic E-state index is 13.0. The monoisotopic (exact) mass is 1110 g/mol. The van der Waals surface area contributed by atoms with Crippen LogP contribution in [-0.2, 0) is 18.4 Å². The van der Waals surface area contributed by atoms with E-state index in [4.69, 9.17) is 9.05 Å². The third-order valence-electron chi connectivity index (χ3n) is 13.6. The number of phosphoric acid groups is 1. The van der Waals surface area contributed by atoms with Crippen molar-refractivity contribution < 1.29 is 32.9 Å². The van der Waals surface area contributed by atoms with E-state index in [9.17, 15) is 19.4 Å². The highest BCUT2D eigenvalue weighted by Crippen LogP contribution is 2.43. The van der Waals surface area contributed by atoms with Crippen LogP contribution in [0.3, 0.4) is 0 Å². The normalized spacial score (nSPS) is 14.6. The van der Waals surface area contributed by atoms with Crippen LogP contribution in [0.2, 0.25) is 0 Å². The van der Waals surface area contributed by atoms with Crippen LogP contribution in [0.1, 0.15) is 258 Å². The number of unbranched alkanes of at least 4 members (excludes halogenated alkanes) is 26. The average Bonchev–Trinajstić information content (AvgIpc) is 3.41. The number of phosphoric ester groups is 1. The van der Waals surface area contributed by atoms with E-state index in [-0.39, 0.29) is 19.1 Å². The van der Waals surface area contributed by atoms with E-state index in [1.54, 1.807) is 6.08 Å². The third-order valence-corrected chi connectivity index (χ3v) is 14.6. The minimum Gasteiger partial charge on any atom is -0.387 e. The van der Waals surface area contributed by atoms with Crippen LogP contribution in [0.15, 0.2) is 122 Å². The Morgan fingerprint density at radius 2 is 0.782 bits per heavy atom. The molecule has 78 heavy (non-hydrogen) atoms. The van der Waals surface area contributed by atoms with E-state index in [1.165, 1.54) is 148 Å². The van der Waals surface area contributed by atoms with Crippen molar-refractivity contribution in [3.05, 3.63) is 122 Å². The number of carbonyl (C=O) groups excluding carboxylic acids is 1. The van der Waals surface area contributed by atoms with Gasteiger partial charge in [-0.3, -0.25) is 13.8 Å². The summed E-state index contributed by atoms with van der Waals surface area (Å²) in [4.78, 5) is 23.4. The summed E-state index contributed by atoms with van der Waals surface area (Å²) in [7, 11) is 1.53. The first kappa shape index (κ1) is 74.9. The van der Waals surface area contributed by atoms with E-state index in [0.717, 1.165) is 89.9 Å². The molecule has 0 bridgehead atoms. The first-order valence-corrected chi connectivity index (χ1v) is 33.4. The van der Waals surface area contributed by atoms with Gasteiger partial charge in [0, 0.05) is 6.42 Å². The summed E-state index contributed by atoms with van der Waals surface area (Å²) < 4.78 is 23.7. The Bertz CT molecular complexity index is 1680. The molecule has 9 heteroatoms. The summed E-state index contributed by atoms with van der Waals surface area (Å²) in [6.45, 7) is 4.68. The molecule has 0 rings (SSSR count). The average molecular weight is 1110 g/mol. The molecular formula is C69H122N2O6P+. The summed E-state index contributed by atoms with van der Waals surface area (Å²) in [6.07, 6.45) is 87.5. The molecule has 0 aromatic carbocycles. The number of hydrogen-bond acceptors (Lipinski definition) is 5. The number of allylic oxidation sites excluding steroid dienone is 19. The van der Waals surface area contributed by atoms with Crippen molar-refractivity contribution in [2.45, 2.75) is 270 Å². The second-order valence-electron chi connectivity index (χ2n) is 22.4. The minimum absolute atomic E-state index is 0.0474. The minimum atomic E-state index is -4.37. The van der Waals surface area contributed by atoms with Crippen LogP contribution >= 0.6 is 7.82 Å². The number of carbonyl (C=O) groups is 1. The van der Waals surface area contributed by atoms with Gasteiger partial charge in [0.15, 0.2) is 0 Å². The van der Waals surface area contributed by atoms with Gasteiger partial charge < -0.3 is 19.8 Å². The number of aliphatic hydroxyl groups is 1. The molecule has 448 valence electrons. The smallest absolute Gasteiger partial charge is 0.387 e. The number of amides is 1. The van der Waals surface area contributed by atoms with Gasteiger partial charge in [0.05, 0.1) is 39.9 Å². The maximum atomic E-state index is 13.0. The van der Waals surface area contributed by atoms with Crippen molar-refractivity contribution in [1.82, 2.24) is 5.32 Å². The fourth-order valence-corrected chi connectivity index (χ4v) is 9.44. The third kappa shape index (κ3) is 60.5. The standard InChI is InChI=1S/C69H121N2O6P/c1-6-8-10-12-14-16-18-20-22-24-26-28-30-31-32-33-34-35-36-37-38-39-41-43-45-47-49-51-53-55-57-59-61-63-69(73)70-67(66-77-78(74,75)76-65-64-71(3,4)5)68(72)62-60-58-56-54-52-50-48-46-44-42-40-29-27-25-23-21-19-17-15-13-11-9-7-2/h8,10,14,16,20,22,26,28,31-32,34-35,37-38,44,46,52,54,60,62,67-68,72H,6-7,9,11-13,15,17-19,21,23-25,27,29-30,33,36,39-43,45,47-51,53,55-59,61,63-66H2,1-5H3,(H-,70,73,74,75)/p+1/b10-8-,16-14-,22-20-,28-26-,32-31-,35-34-,38-37-,46-44+,54-52+,62-60+. The van der Waals surface area contributed by atoms with Gasteiger partial charge in [-0.15, -0.1) is 0 Å². The number of quaternary nitrogens is 1. The van der Waals surface area contributed by atoms with E-state index in [2.05, 4.69) is 129 Å². The van der Waals surface area contributed by atoms with Crippen molar-refractivity contribution in [1.29, 1.82) is 0 Å². The van der Waals surface area contributed by atoms with Crippen molar-refractivity contribution in [2.75, 3.05) is 40.9 Å². The van der Waals surface area contributed by atoms with Crippen LogP contribution < -0.4 is 5.32 Å². The molecular weight excluding hydrogens is 984 g/mol. The SMILES string of the molecule is CC/C=C\C/C=C\C/C=C\C/C=C\C/C=C\C/C=C\C/C=C\CCCCCCCCCCCCCC(=O)NC(COP(=O)(O)OCC[N+](C)(C)C)C(O)/C=C/CC/C=C/CC/C=C/CCCCCCCCCCCCCCC. The molecule has 0 aliphatic rings. The zero-order valence-electron chi connectivity index (χ0n) is 51.1. The Balaban J connectivity index is 4.23. The molecule has 0 radical (unpaired) electrons. The highest BCUT2D eigenvalue weighted by molar-refractivity contribution is 7.47. The Morgan fingerprint density at radius 1 is 0.449 bits per heavy atom. The fourth-order valence-electron chi connectivity index (χ4n) is 8.70. The zero-order valence-corrected chi connectivity index (χ0v) is 52.0. The first-order chi connectivity index (χ1) is 38.0. The van der Waals surface area contributed by atoms with Gasteiger partial charge in [0.1, 0.15) is 13.2 Å².